The molecule has 1 aromatic heterocycles. The fraction of sp³-hybridized carbons (Fsp3) is 0.333. The van der Waals surface area contributed by atoms with E-state index >= 15 is 0 Å². The van der Waals surface area contributed by atoms with E-state index in [4.69, 9.17) is 0 Å². The second kappa shape index (κ2) is 7.07. The van der Waals surface area contributed by atoms with Gasteiger partial charge in [-0.1, -0.05) is 6.07 Å². The number of aromatic nitrogens is 1. The number of rotatable bonds is 5. The third kappa shape index (κ3) is 3.85. The summed E-state index contributed by atoms with van der Waals surface area (Å²) in [5, 5.41) is 2.94. The molecule has 4 heteroatoms. The molecule has 0 radical (unpaired) electrons. The second-order valence-corrected chi connectivity index (χ2v) is 5.61. The van der Waals surface area contributed by atoms with Crippen LogP contribution in [-0.2, 0) is 11.2 Å². The van der Waals surface area contributed by atoms with Crippen LogP contribution in [0.5, 0.6) is 0 Å². The number of carbonyl (C=O) groups is 1. The normalized spacial score (nSPS) is 14.1. The number of pyridine rings is 1. The minimum atomic E-state index is 0.0274. The topological polar surface area (TPSA) is 45.2 Å². The van der Waals surface area contributed by atoms with Crippen molar-refractivity contribution in [1.29, 1.82) is 0 Å². The van der Waals surface area contributed by atoms with Crippen molar-refractivity contribution in [2.75, 3.05) is 23.3 Å². The van der Waals surface area contributed by atoms with E-state index in [2.05, 4.69) is 27.3 Å². The fourth-order valence-electron chi connectivity index (χ4n) is 2.74. The molecule has 0 aliphatic carbocycles. The van der Waals surface area contributed by atoms with Crippen LogP contribution in [-0.4, -0.2) is 24.0 Å². The molecule has 2 aromatic rings. The maximum Gasteiger partial charge on any atom is 0.224 e. The molecule has 0 atom stereocenters. The van der Waals surface area contributed by atoms with Crippen LogP contribution in [0, 0.1) is 0 Å². The summed E-state index contributed by atoms with van der Waals surface area (Å²) in [5.74, 6) is 0.0274. The van der Waals surface area contributed by atoms with Crippen molar-refractivity contribution < 1.29 is 4.79 Å². The number of carbonyl (C=O) groups excluding carboxylic acids is 1. The molecule has 4 nitrogen and oxygen atoms in total. The van der Waals surface area contributed by atoms with Crippen LogP contribution in [0.3, 0.4) is 0 Å². The number of nitrogens with one attached hydrogen (secondary N) is 1. The molecule has 0 spiro atoms. The van der Waals surface area contributed by atoms with Gasteiger partial charge in [-0.3, -0.25) is 9.78 Å². The van der Waals surface area contributed by atoms with E-state index in [1.165, 1.54) is 18.5 Å². The fourth-order valence-corrected chi connectivity index (χ4v) is 2.74. The first kappa shape index (κ1) is 14.6. The molecule has 22 heavy (non-hydrogen) atoms. The van der Waals surface area contributed by atoms with Crippen molar-refractivity contribution >= 4 is 17.3 Å². The third-order valence-electron chi connectivity index (χ3n) is 3.96. The van der Waals surface area contributed by atoms with Gasteiger partial charge in [0, 0.05) is 42.8 Å². The summed E-state index contributed by atoms with van der Waals surface area (Å²) < 4.78 is 0. The monoisotopic (exact) mass is 295 g/mol. The Labute approximate surface area is 131 Å². The Morgan fingerprint density at radius 2 is 1.86 bits per heavy atom. The first-order chi connectivity index (χ1) is 10.8. The summed E-state index contributed by atoms with van der Waals surface area (Å²) in [4.78, 5) is 18.6. The maximum atomic E-state index is 12.0. The summed E-state index contributed by atoms with van der Waals surface area (Å²) in [6.07, 6.45) is 5.41. The predicted molar refractivity (Wildman–Crippen MR) is 89.1 cm³/mol. The Morgan fingerprint density at radius 3 is 2.55 bits per heavy atom. The second-order valence-electron chi connectivity index (χ2n) is 5.61. The summed E-state index contributed by atoms with van der Waals surface area (Å²) in [6, 6.07) is 13.9. The lowest BCUT2D eigenvalue weighted by Gasteiger charge is -2.17. The molecule has 1 aromatic carbocycles. The Hall–Kier alpha value is -2.36. The largest absolute Gasteiger partial charge is 0.372 e. The van der Waals surface area contributed by atoms with Crippen molar-refractivity contribution in [3.8, 4) is 0 Å². The van der Waals surface area contributed by atoms with E-state index in [0.717, 1.165) is 24.5 Å². The lowest BCUT2D eigenvalue weighted by molar-refractivity contribution is -0.116. The van der Waals surface area contributed by atoms with Gasteiger partial charge in [-0.05, 0) is 55.7 Å². The number of nitrogens with zero attached hydrogens (tertiary/aromatic N) is 2. The van der Waals surface area contributed by atoms with E-state index < -0.39 is 0 Å². The van der Waals surface area contributed by atoms with Crippen LogP contribution in [0.15, 0.2) is 48.7 Å². The minimum Gasteiger partial charge on any atom is -0.372 e. The van der Waals surface area contributed by atoms with Gasteiger partial charge in [-0.15, -0.1) is 0 Å². The number of anilines is 2. The first-order valence-corrected chi connectivity index (χ1v) is 7.86. The first-order valence-electron chi connectivity index (χ1n) is 7.86. The number of benzene rings is 1. The zero-order valence-corrected chi connectivity index (χ0v) is 12.7. The quantitative estimate of drug-likeness (QED) is 0.921. The molecular formula is C18H21N3O. The zero-order valence-electron chi connectivity index (χ0n) is 12.7. The molecule has 1 saturated heterocycles. The molecule has 1 aliphatic rings. The van der Waals surface area contributed by atoms with Gasteiger partial charge in [0.1, 0.15) is 0 Å². The van der Waals surface area contributed by atoms with Crippen LogP contribution in [0.2, 0.25) is 0 Å². The molecule has 3 rings (SSSR count). The van der Waals surface area contributed by atoms with E-state index in [-0.39, 0.29) is 5.91 Å². The van der Waals surface area contributed by atoms with Crippen LogP contribution in [0.1, 0.15) is 25.0 Å². The Morgan fingerprint density at radius 1 is 1.09 bits per heavy atom. The summed E-state index contributed by atoms with van der Waals surface area (Å²) in [5.41, 5.74) is 3.04. The highest BCUT2D eigenvalue weighted by atomic mass is 16.1. The van der Waals surface area contributed by atoms with Crippen LogP contribution in [0.4, 0.5) is 11.4 Å². The van der Waals surface area contributed by atoms with E-state index in [1.54, 1.807) is 6.20 Å². The van der Waals surface area contributed by atoms with E-state index in [1.807, 2.05) is 30.3 Å². The SMILES string of the molecule is O=C(CCc1ccccn1)Nc1ccc(N2CCCC2)cc1. The molecule has 114 valence electrons. The van der Waals surface area contributed by atoms with Crippen molar-refractivity contribution in [1.82, 2.24) is 4.98 Å². The molecule has 1 amide bonds. The van der Waals surface area contributed by atoms with Gasteiger partial charge in [0.25, 0.3) is 0 Å². The predicted octanol–water partition coefficient (Wildman–Crippen LogP) is 3.25. The van der Waals surface area contributed by atoms with Gasteiger partial charge >= 0.3 is 0 Å². The molecule has 0 saturated carbocycles. The number of amides is 1. The Bertz CT molecular complexity index is 604. The Kier molecular flexibility index (Phi) is 4.68. The summed E-state index contributed by atoms with van der Waals surface area (Å²) in [6.45, 7) is 2.27. The highest BCUT2D eigenvalue weighted by molar-refractivity contribution is 5.91. The van der Waals surface area contributed by atoms with Gasteiger partial charge in [0.2, 0.25) is 5.91 Å². The highest BCUT2D eigenvalue weighted by Crippen LogP contribution is 2.22. The van der Waals surface area contributed by atoms with Crippen LogP contribution >= 0.6 is 0 Å². The average molecular weight is 295 g/mol. The zero-order chi connectivity index (χ0) is 15.2. The third-order valence-corrected chi connectivity index (χ3v) is 3.96. The maximum absolute atomic E-state index is 12.0. The Balaban J connectivity index is 1.50. The van der Waals surface area contributed by atoms with Gasteiger partial charge in [-0.25, -0.2) is 0 Å². The number of hydrogen-bond acceptors (Lipinski definition) is 3. The van der Waals surface area contributed by atoms with Gasteiger partial charge < -0.3 is 10.2 Å². The minimum absolute atomic E-state index is 0.0274. The van der Waals surface area contributed by atoms with E-state index in [9.17, 15) is 4.79 Å². The average Bonchev–Trinajstić information content (AvgIpc) is 3.09. The molecule has 1 N–H and O–H groups in total. The lowest BCUT2D eigenvalue weighted by Crippen LogP contribution is -2.17. The summed E-state index contributed by atoms with van der Waals surface area (Å²) in [7, 11) is 0. The van der Waals surface area contributed by atoms with Crippen molar-refractivity contribution in [2.45, 2.75) is 25.7 Å². The summed E-state index contributed by atoms with van der Waals surface area (Å²) >= 11 is 0. The van der Waals surface area contributed by atoms with Gasteiger partial charge in [0.15, 0.2) is 0 Å². The molecule has 2 heterocycles. The standard InChI is InChI=1S/C18H21N3O/c22-18(11-8-15-5-1-2-12-19-15)20-16-6-9-17(10-7-16)21-13-3-4-14-21/h1-2,5-7,9-10,12H,3-4,8,11,13-14H2,(H,20,22). The molecule has 0 unspecified atom stereocenters. The number of hydrogen-bond donors (Lipinski definition) is 1. The number of aryl methyl sites for hydroxylation is 1. The van der Waals surface area contributed by atoms with E-state index in [0.29, 0.717) is 12.8 Å². The highest BCUT2D eigenvalue weighted by Gasteiger charge is 2.12. The molecular weight excluding hydrogens is 274 g/mol. The van der Waals surface area contributed by atoms with Crippen molar-refractivity contribution in [2.24, 2.45) is 0 Å². The van der Waals surface area contributed by atoms with Crippen molar-refractivity contribution in [3.05, 3.63) is 54.4 Å². The lowest BCUT2D eigenvalue weighted by atomic mass is 10.2. The van der Waals surface area contributed by atoms with Crippen LogP contribution < -0.4 is 10.2 Å². The molecule has 1 fully saturated rings. The molecule has 1 aliphatic heterocycles. The smallest absolute Gasteiger partial charge is 0.224 e. The van der Waals surface area contributed by atoms with Crippen molar-refractivity contribution in [3.63, 3.8) is 0 Å². The van der Waals surface area contributed by atoms with Gasteiger partial charge in [-0.2, -0.15) is 0 Å². The van der Waals surface area contributed by atoms with Gasteiger partial charge in [0.05, 0.1) is 0 Å². The van der Waals surface area contributed by atoms with Crippen LogP contribution in [0.25, 0.3) is 0 Å². The molecule has 0 bridgehead atoms.